The van der Waals surface area contributed by atoms with Gasteiger partial charge in [0.05, 0.1) is 0 Å². The smallest absolute Gasteiger partial charge is 0.228 e. The molecule has 0 saturated carbocycles. The molecular weight excluding hydrogens is 238 g/mol. The molecule has 2 rings (SSSR count). The van der Waals surface area contributed by atoms with Crippen LogP contribution in [0.1, 0.15) is 38.3 Å². The number of nitrogens with one attached hydrogen (secondary N) is 1. The van der Waals surface area contributed by atoms with Gasteiger partial charge in [-0.05, 0) is 18.3 Å². The van der Waals surface area contributed by atoms with Crippen LogP contribution in [0.25, 0.3) is 0 Å². The van der Waals surface area contributed by atoms with Crippen molar-refractivity contribution in [2.75, 3.05) is 17.3 Å². The highest BCUT2D eigenvalue weighted by atomic mass is 35.5. The maximum Gasteiger partial charge on any atom is 0.228 e. The lowest BCUT2D eigenvalue weighted by atomic mass is 10.1. The number of rotatable bonds is 4. The fraction of sp³-hybridized carbons (Fsp3) is 0.667. The summed E-state index contributed by atoms with van der Waals surface area (Å²) in [5.41, 5.74) is 1.09. The van der Waals surface area contributed by atoms with E-state index in [9.17, 15) is 4.79 Å². The van der Waals surface area contributed by atoms with Crippen molar-refractivity contribution in [3.05, 3.63) is 11.8 Å². The average molecular weight is 256 g/mol. The number of anilines is 1. The minimum Gasteiger partial charge on any atom is -0.295 e. The van der Waals surface area contributed by atoms with Gasteiger partial charge in [0.1, 0.15) is 0 Å². The lowest BCUT2D eigenvalue weighted by Crippen LogP contribution is -2.24. The van der Waals surface area contributed by atoms with Crippen molar-refractivity contribution < 1.29 is 4.79 Å². The van der Waals surface area contributed by atoms with Gasteiger partial charge in [0.15, 0.2) is 5.82 Å². The van der Waals surface area contributed by atoms with E-state index < -0.39 is 0 Å². The van der Waals surface area contributed by atoms with Crippen molar-refractivity contribution in [3.8, 4) is 0 Å². The first-order chi connectivity index (χ1) is 8.15. The largest absolute Gasteiger partial charge is 0.295 e. The first kappa shape index (κ1) is 12.4. The summed E-state index contributed by atoms with van der Waals surface area (Å²) in [6.45, 7) is 4.97. The molecule has 4 nitrogen and oxygen atoms in total. The Morgan fingerprint density at radius 2 is 2.47 bits per heavy atom. The Balaban J connectivity index is 2.12. The summed E-state index contributed by atoms with van der Waals surface area (Å²) in [5, 5.41) is 7.23. The number of aromatic nitrogens is 2. The number of alkyl halides is 1. The molecule has 1 N–H and O–H groups in total. The zero-order valence-corrected chi connectivity index (χ0v) is 11.0. The average Bonchev–Trinajstić information content (AvgIpc) is 2.94. The molecule has 1 saturated heterocycles. The van der Waals surface area contributed by atoms with Crippen molar-refractivity contribution in [3.63, 3.8) is 0 Å². The molecule has 1 amide bonds. The second kappa shape index (κ2) is 5.08. The van der Waals surface area contributed by atoms with Crippen LogP contribution in [0, 0.1) is 5.92 Å². The Labute approximate surface area is 106 Å². The predicted octanol–water partition coefficient (Wildman–Crippen LogP) is 2.51. The van der Waals surface area contributed by atoms with Crippen molar-refractivity contribution in [2.45, 2.75) is 32.6 Å². The number of hydrogen-bond acceptors (Lipinski definition) is 2. The van der Waals surface area contributed by atoms with Gasteiger partial charge in [-0.1, -0.05) is 13.8 Å². The standard InChI is InChI=1S/C12H18ClN3O/c1-3-8(2)10-5-11(15-14-10)16-7-9(6-13)4-12(16)17/h5,8-9H,3-4,6-7H2,1-2H3,(H,14,15). The quantitative estimate of drug-likeness (QED) is 0.841. The topological polar surface area (TPSA) is 49.0 Å². The fourth-order valence-electron chi connectivity index (χ4n) is 2.04. The van der Waals surface area contributed by atoms with E-state index in [1.165, 1.54) is 0 Å². The summed E-state index contributed by atoms with van der Waals surface area (Å²) >= 11 is 5.80. The van der Waals surface area contributed by atoms with Crippen molar-refractivity contribution in [1.29, 1.82) is 0 Å². The van der Waals surface area contributed by atoms with Crippen LogP contribution in [0.3, 0.4) is 0 Å². The van der Waals surface area contributed by atoms with Crippen LogP contribution in [0.2, 0.25) is 0 Å². The van der Waals surface area contributed by atoms with Gasteiger partial charge in [0.2, 0.25) is 5.91 Å². The molecule has 1 fully saturated rings. The Morgan fingerprint density at radius 3 is 3.06 bits per heavy atom. The van der Waals surface area contributed by atoms with Gasteiger partial charge < -0.3 is 0 Å². The Bertz CT molecular complexity index is 404. The lowest BCUT2D eigenvalue weighted by Gasteiger charge is -2.12. The predicted molar refractivity (Wildman–Crippen MR) is 68.5 cm³/mol. The Morgan fingerprint density at radius 1 is 1.71 bits per heavy atom. The highest BCUT2D eigenvalue weighted by Gasteiger charge is 2.31. The van der Waals surface area contributed by atoms with E-state index in [4.69, 9.17) is 11.6 Å². The van der Waals surface area contributed by atoms with E-state index in [-0.39, 0.29) is 11.8 Å². The third-order valence-electron chi connectivity index (χ3n) is 3.43. The Kier molecular flexibility index (Phi) is 3.72. The second-order valence-corrected chi connectivity index (χ2v) is 5.03. The summed E-state index contributed by atoms with van der Waals surface area (Å²) in [4.78, 5) is 13.5. The summed E-state index contributed by atoms with van der Waals surface area (Å²) < 4.78 is 0. The number of hydrogen-bond donors (Lipinski definition) is 1. The molecule has 5 heteroatoms. The van der Waals surface area contributed by atoms with Crippen LogP contribution in [0.4, 0.5) is 5.82 Å². The van der Waals surface area contributed by atoms with E-state index in [1.807, 2.05) is 6.07 Å². The highest BCUT2D eigenvalue weighted by molar-refractivity contribution is 6.18. The number of H-pyrrole nitrogens is 1. The van der Waals surface area contributed by atoms with Crippen LogP contribution < -0.4 is 4.90 Å². The van der Waals surface area contributed by atoms with Gasteiger partial charge in [-0.15, -0.1) is 11.6 Å². The van der Waals surface area contributed by atoms with E-state index in [1.54, 1.807) is 4.90 Å². The van der Waals surface area contributed by atoms with Crippen molar-refractivity contribution in [2.24, 2.45) is 5.92 Å². The molecule has 2 heterocycles. The summed E-state index contributed by atoms with van der Waals surface area (Å²) in [5.74, 6) is 2.09. The third-order valence-corrected chi connectivity index (χ3v) is 3.86. The molecule has 1 aromatic heterocycles. The first-order valence-electron chi connectivity index (χ1n) is 6.07. The van der Waals surface area contributed by atoms with Gasteiger partial charge >= 0.3 is 0 Å². The van der Waals surface area contributed by atoms with E-state index in [2.05, 4.69) is 24.0 Å². The van der Waals surface area contributed by atoms with Gasteiger partial charge in [0.25, 0.3) is 0 Å². The van der Waals surface area contributed by atoms with Gasteiger partial charge in [-0.25, -0.2) is 0 Å². The zero-order valence-electron chi connectivity index (χ0n) is 10.2. The number of halogens is 1. The van der Waals surface area contributed by atoms with Gasteiger partial charge in [-0.2, -0.15) is 5.10 Å². The molecule has 1 aliphatic rings. The van der Waals surface area contributed by atoms with Crippen LogP contribution in [-0.2, 0) is 4.79 Å². The summed E-state index contributed by atoms with van der Waals surface area (Å²) in [7, 11) is 0. The van der Waals surface area contributed by atoms with Gasteiger partial charge in [0, 0.05) is 30.6 Å². The minimum atomic E-state index is 0.123. The summed E-state index contributed by atoms with van der Waals surface area (Å²) in [6.07, 6.45) is 1.59. The molecule has 1 aliphatic heterocycles. The van der Waals surface area contributed by atoms with Gasteiger partial charge in [-0.3, -0.25) is 14.8 Å². The zero-order chi connectivity index (χ0) is 12.4. The van der Waals surface area contributed by atoms with Crippen LogP contribution in [0.15, 0.2) is 6.07 Å². The fourth-order valence-corrected chi connectivity index (χ4v) is 2.25. The van der Waals surface area contributed by atoms with E-state index >= 15 is 0 Å². The molecule has 2 unspecified atom stereocenters. The van der Waals surface area contributed by atoms with Crippen molar-refractivity contribution >= 4 is 23.3 Å². The maximum atomic E-state index is 11.8. The van der Waals surface area contributed by atoms with Crippen LogP contribution in [-0.4, -0.2) is 28.5 Å². The monoisotopic (exact) mass is 255 g/mol. The second-order valence-electron chi connectivity index (χ2n) is 4.72. The number of carbonyl (C=O) groups excluding carboxylic acids is 1. The van der Waals surface area contributed by atoms with Crippen molar-refractivity contribution in [1.82, 2.24) is 10.2 Å². The SMILES string of the molecule is CCC(C)c1cc(N2CC(CCl)CC2=O)n[nH]1. The number of carbonyl (C=O) groups is 1. The lowest BCUT2D eigenvalue weighted by molar-refractivity contribution is -0.117. The number of nitrogens with zero attached hydrogens (tertiary/aromatic N) is 2. The molecule has 0 radical (unpaired) electrons. The molecular formula is C12H18ClN3O. The molecule has 94 valence electrons. The maximum absolute atomic E-state index is 11.8. The molecule has 1 aromatic rings. The first-order valence-corrected chi connectivity index (χ1v) is 6.60. The van der Waals surface area contributed by atoms with Crippen LogP contribution >= 0.6 is 11.6 Å². The molecule has 0 spiro atoms. The molecule has 0 bridgehead atoms. The number of amides is 1. The number of aromatic amines is 1. The molecule has 17 heavy (non-hydrogen) atoms. The molecule has 0 aliphatic carbocycles. The molecule has 0 aromatic carbocycles. The Hall–Kier alpha value is -1.03. The van der Waals surface area contributed by atoms with E-state index in [0.717, 1.165) is 17.9 Å². The normalized spacial score (nSPS) is 22.2. The van der Waals surface area contributed by atoms with Crippen LogP contribution in [0.5, 0.6) is 0 Å². The highest BCUT2D eigenvalue weighted by Crippen LogP contribution is 2.27. The van der Waals surface area contributed by atoms with E-state index in [0.29, 0.717) is 24.8 Å². The summed E-state index contributed by atoms with van der Waals surface area (Å²) in [6, 6.07) is 1.97. The third kappa shape index (κ3) is 2.46. The molecule has 2 atom stereocenters. The minimum absolute atomic E-state index is 0.123.